The van der Waals surface area contributed by atoms with Crippen LogP contribution in [0.4, 0.5) is 0 Å². The van der Waals surface area contributed by atoms with E-state index in [1.54, 1.807) is 11.3 Å². The molecule has 0 aliphatic heterocycles. The van der Waals surface area contributed by atoms with Crippen LogP contribution in [0.25, 0.3) is 0 Å². The van der Waals surface area contributed by atoms with Crippen molar-refractivity contribution >= 4 is 22.9 Å². The first kappa shape index (κ1) is 12.0. The molecule has 0 saturated carbocycles. The van der Waals surface area contributed by atoms with Gasteiger partial charge in [-0.1, -0.05) is 11.6 Å². The van der Waals surface area contributed by atoms with Crippen molar-refractivity contribution in [1.82, 2.24) is 5.32 Å². The van der Waals surface area contributed by atoms with Crippen LogP contribution in [0.3, 0.4) is 0 Å². The third-order valence-corrected chi connectivity index (χ3v) is 2.94. The van der Waals surface area contributed by atoms with Gasteiger partial charge in [0.05, 0.1) is 17.7 Å². The molecule has 2 nitrogen and oxygen atoms in total. The molecule has 0 aliphatic rings. The third kappa shape index (κ3) is 4.96. The van der Waals surface area contributed by atoms with E-state index in [0.29, 0.717) is 6.10 Å². The van der Waals surface area contributed by atoms with Crippen LogP contribution in [0.1, 0.15) is 18.7 Å². The van der Waals surface area contributed by atoms with Crippen LogP contribution in [-0.2, 0) is 11.3 Å². The summed E-state index contributed by atoms with van der Waals surface area (Å²) in [5.74, 6) is 0. The second-order valence-electron chi connectivity index (χ2n) is 3.33. The highest BCUT2D eigenvalue weighted by Gasteiger charge is 1.97. The van der Waals surface area contributed by atoms with E-state index >= 15 is 0 Å². The van der Waals surface area contributed by atoms with Gasteiger partial charge < -0.3 is 10.1 Å². The molecule has 0 fully saturated rings. The minimum atomic E-state index is 0.313. The average molecular weight is 234 g/mol. The second kappa shape index (κ2) is 6.40. The Kier molecular flexibility index (Phi) is 5.48. The van der Waals surface area contributed by atoms with Crippen LogP contribution in [0.5, 0.6) is 0 Å². The number of hydrogen-bond donors (Lipinski definition) is 1. The Morgan fingerprint density at radius 1 is 1.57 bits per heavy atom. The lowest BCUT2D eigenvalue weighted by atomic mass is 10.4. The smallest absolute Gasteiger partial charge is 0.0594 e. The number of nitrogens with one attached hydrogen (secondary N) is 1. The summed E-state index contributed by atoms with van der Waals surface area (Å²) in [7, 11) is 0. The van der Waals surface area contributed by atoms with Crippen molar-refractivity contribution in [2.75, 3.05) is 13.2 Å². The highest BCUT2D eigenvalue weighted by Crippen LogP contribution is 2.18. The van der Waals surface area contributed by atoms with Gasteiger partial charge in [0, 0.05) is 23.3 Å². The fourth-order valence-corrected chi connectivity index (χ4v) is 2.07. The van der Waals surface area contributed by atoms with Crippen molar-refractivity contribution in [2.45, 2.75) is 26.5 Å². The number of thiophene rings is 1. The van der Waals surface area contributed by atoms with Gasteiger partial charge in [0.15, 0.2) is 0 Å². The summed E-state index contributed by atoms with van der Waals surface area (Å²) in [5.41, 5.74) is 0. The maximum Gasteiger partial charge on any atom is 0.0594 e. The van der Waals surface area contributed by atoms with E-state index in [-0.39, 0.29) is 0 Å². The summed E-state index contributed by atoms with van der Waals surface area (Å²) >= 11 is 7.48. The Bertz CT molecular complexity index is 262. The zero-order chi connectivity index (χ0) is 10.4. The maximum absolute atomic E-state index is 5.80. The first-order valence-electron chi connectivity index (χ1n) is 4.73. The lowest BCUT2D eigenvalue weighted by molar-refractivity contribution is 0.0807. The topological polar surface area (TPSA) is 21.3 Å². The molecule has 0 aliphatic carbocycles. The summed E-state index contributed by atoms with van der Waals surface area (Å²) in [6.45, 7) is 6.60. The number of hydrogen-bond acceptors (Lipinski definition) is 3. The van der Waals surface area contributed by atoms with Crippen LogP contribution >= 0.6 is 22.9 Å². The second-order valence-corrected chi connectivity index (χ2v) is 4.76. The minimum Gasteiger partial charge on any atom is -0.377 e. The maximum atomic E-state index is 5.80. The van der Waals surface area contributed by atoms with Gasteiger partial charge in [-0.25, -0.2) is 0 Å². The summed E-state index contributed by atoms with van der Waals surface area (Å²) in [4.78, 5) is 1.26. The van der Waals surface area contributed by atoms with E-state index in [4.69, 9.17) is 16.3 Å². The van der Waals surface area contributed by atoms with Gasteiger partial charge in [0.25, 0.3) is 0 Å². The number of rotatable bonds is 6. The molecule has 4 heteroatoms. The van der Waals surface area contributed by atoms with E-state index in [1.807, 2.05) is 25.3 Å². The summed E-state index contributed by atoms with van der Waals surface area (Å²) in [6, 6.07) is 1.99. The fourth-order valence-electron chi connectivity index (χ4n) is 1.02. The zero-order valence-electron chi connectivity index (χ0n) is 8.55. The molecule has 0 saturated heterocycles. The molecule has 80 valence electrons. The fraction of sp³-hybridized carbons (Fsp3) is 0.600. The first-order valence-corrected chi connectivity index (χ1v) is 5.99. The van der Waals surface area contributed by atoms with Crippen LogP contribution in [0.2, 0.25) is 5.02 Å². The molecule has 1 N–H and O–H groups in total. The predicted octanol–water partition coefficient (Wildman–Crippen LogP) is 2.92. The van der Waals surface area contributed by atoms with Crippen molar-refractivity contribution < 1.29 is 4.74 Å². The molecule has 0 aromatic carbocycles. The normalized spacial score (nSPS) is 11.1. The Balaban J connectivity index is 2.04. The van der Waals surface area contributed by atoms with Crippen molar-refractivity contribution in [3.8, 4) is 0 Å². The Labute approximate surface area is 94.2 Å². The van der Waals surface area contributed by atoms with Gasteiger partial charge in [-0.3, -0.25) is 0 Å². The number of ether oxygens (including phenoxy) is 1. The lowest BCUT2D eigenvalue weighted by Crippen LogP contribution is -2.20. The molecule has 0 bridgehead atoms. The Hall–Kier alpha value is -0.0900. The molecule has 1 aromatic rings. The highest BCUT2D eigenvalue weighted by atomic mass is 35.5. The molecule has 0 radical (unpaired) electrons. The van der Waals surface area contributed by atoms with Gasteiger partial charge in [-0.2, -0.15) is 0 Å². The van der Waals surface area contributed by atoms with Crippen LogP contribution in [0, 0.1) is 0 Å². The van der Waals surface area contributed by atoms with E-state index in [0.717, 1.165) is 24.7 Å². The molecule has 0 unspecified atom stereocenters. The number of halogens is 1. The first-order chi connectivity index (χ1) is 6.68. The van der Waals surface area contributed by atoms with Crippen LogP contribution in [0.15, 0.2) is 11.4 Å². The van der Waals surface area contributed by atoms with Gasteiger partial charge in [0.1, 0.15) is 0 Å². The predicted molar refractivity (Wildman–Crippen MR) is 62.1 cm³/mol. The highest BCUT2D eigenvalue weighted by molar-refractivity contribution is 7.10. The third-order valence-electron chi connectivity index (χ3n) is 1.65. The quantitative estimate of drug-likeness (QED) is 0.763. The van der Waals surface area contributed by atoms with Gasteiger partial charge in [0.2, 0.25) is 0 Å². The van der Waals surface area contributed by atoms with Gasteiger partial charge in [-0.05, 0) is 19.9 Å². The van der Waals surface area contributed by atoms with Crippen molar-refractivity contribution in [3.63, 3.8) is 0 Å². The Morgan fingerprint density at radius 2 is 2.36 bits per heavy atom. The van der Waals surface area contributed by atoms with E-state index in [1.165, 1.54) is 4.88 Å². The summed E-state index contributed by atoms with van der Waals surface area (Å²) < 4.78 is 5.40. The standard InChI is InChI=1S/C10H16ClNOS/c1-8(2)13-4-3-12-6-10-5-9(11)7-14-10/h5,7-8,12H,3-4,6H2,1-2H3. The molecular weight excluding hydrogens is 218 g/mol. The van der Waals surface area contributed by atoms with Gasteiger partial charge >= 0.3 is 0 Å². The average Bonchev–Trinajstić information content (AvgIpc) is 2.50. The molecule has 14 heavy (non-hydrogen) atoms. The molecule has 0 spiro atoms. The van der Waals surface area contributed by atoms with E-state index < -0.39 is 0 Å². The summed E-state index contributed by atoms with van der Waals surface area (Å²) in [5, 5.41) is 6.07. The SMILES string of the molecule is CC(C)OCCNCc1cc(Cl)cs1. The largest absolute Gasteiger partial charge is 0.377 e. The van der Waals surface area contributed by atoms with Gasteiger partial charge in [-0.15, -0.1) is 11.3 Å². The zero-order valence-corrected chi connectivity index (χ0v) is 10.1. The van der Waals surface area contributed by atoms with Crippen LogP contribution in [-0.4, -0.2) is 19.3 Å². The minimum absolute atomic E-state index is 0.313. The molecule has 0 atom stereocenters. The monoisotopic (exact) mass is 233 g/mol. The van der Waals surface area contributed by atoms with Crippen molar-refractivity contribution in [3.05, 3.63) is 21.3 Å². The van der Waals surface area contributed by atoms with E-state index in [2.05, 4.69) is 5.32 Å². The molecule has 1 heterocycles. The molecule has 0 amide bonds. The lowest BCUT2D eigenvalue weighted by Gasteiger charge is -2.07. The molecule has 1 aromatic heterocycles. The molecular formula is C10H16ClNOS. The van der Waals surface area contributed by atoms with Crippen LogP contribution < -0.4 is 5.32 Å². The Morgan fingerprint density at radius 3 is 2.93 bits per heavy atom. The summed E-state index contributed by atoms with van der Waals surface area (Å²) in [6.07, 6.45) is 0.313. The van der Waals surface area contributed by atoms with Crippen molar-refractivity contribution in [2.24, 2.45) is 0 Å². The van der Waals surface area contributed by atoms with E-state index in [9.17, 15) is 0 Å². The van der Waals surface area contributed by atoms with Crippen molar-refractivity contribution in [1.29, 1.82) is 0 Å². The molecule has 1 rings (SSSR count).